The number of halogens is 1. The van der Waals surface area contributed by atoms with Crippen LogP contribution in [-0.4, -0.2) is 48.3 Å². The number of carbonyl (C=O) groups excluding carboxylic acids is 2. The molecule has 0 atom stereocenters. The van der Waals surface area contributed by atoms with Gasteiger partial charge in [0.05, 0.1) is 6.54 Å². The van der Waals surface area contributed by atoms with Crippen molar-refractivity contribution in [3.05, 3.63) is 35.6 Å². The van der Waals surface area contributed by atoms with Crippen LogP contribution in [0.1, 0.15) is 18.4 Å². The number of piperidine rings is 1. The molecule has 1 heterocycles. The van der Waals surface area contributed by atoms with Crippen LogP contribution in [0.2, 0.25) is 0 Å². The van der Waals surface area contributed by atoms with Crippen LogP contribution in [0.15, 0.2) is 24.3 Å². The molecule has 0 saturated carbocycles. The molecule has 6 heteroatoms. The summed E-state index contributed by atoms with van der Waals surface area (Å²) in [5.74, 6) is -0.640. The molecule has 120 valence electrons. The number of amides is 2. The standard InChI is InChI=1S/C16H22FN3O2/c1-19(10-12-3-2-4-14(17)9-12)15(21)11-20-7-5-13(6-8-20)16(18)22/h2-4,9,13H,5-8,10-11H2,1H3,(H2,18,22). The smallest absolute Gasteiger partial charge is 0.236 e. The summed E-state index contributed by atoms with van der Waals surface area (Å²) in [5, 5.41) is 0. The maximum Gasteiger partial charge on any atom is 0.236 e. The van der Waals surface area contributed by atoms with Gasteiger partial charge in [-0.1, -0.05) is 12.1 Å². The highest BCUT2D eigenvalue weighted by Gasteiger charge is 2.24. The van der Waals surface area contributed by atoms with Gasteiger partial charge < -0.3 is 10.6 Å². The van der Waals surface area contributed by atoms with E-state index in [1.165, 1.54) is 12.1 Å². The van der Waals surface area contributed by atoms with Gasteiger partial charge in [-0.25, -0.2) is 4.39 Å². The average molecular weight is 307 g/mol. The van der Waals surface area contributed by atoms with Crippen LogP contribution in [0.3, 0.4) is 0 Å². The Morgan fingerprint density at radius 3 is 2.64 bits per heavy atom. The summed E-state index contributed by atoms with van der Waals surface area (Å²) in [7, 11) is 1.71. The molecule has 2 amide bonds. The van der Waals surface area contributed by atoms with Gasteiger partial charge in [-0.15, -0.1) is 0 Å². The number of hydrogen-bond acceptors (Lipinski definition) is 3. The predicted molar refractivity (Wildman–Crippen MR) is 81.2 cm³/mol. The lowest BCUT2D eigenvalue weighted by atomic mass is 9.96. The molecule has 0 spiro atoms. The third-order valence-corrected chi connectivity index (χ3v) is 4.08. The lowest BCUT2D eigenvalue weighted by Gasteiger charge is -2.31. The zero-order chi connectivity index (χ0) is 16.1. The molecule has 0 bridgehead atoms. The van der Waals surface area contributed by atoms with E-state index in [-0.39, 0.29) is 23.5 Å². The summed E-state index contributed by atoms with van der Waals surface area (Å²) in [5.41, 5.74) is 6.06. The highest BCUT2D eigenvalue weighted by Crippen LogP contribution is 2.16. The first-order chi connectivity index (χ1) is 10.5. The van der Waals surface area contributed by atoms with E-state index in [1.54, 1.807) is 24.1 Å². The van der Waals surface area contributed by atoms with Crippen LogP contribution < -0.4 is 5.73 Å². The van der Waals surface area contributed by atoms with Crippen LogP contribution in [0.4, 0.5) is 4.39 Å². The lowest BCUT2D eigenvalue weighted by molar-refractivity contribution is -0.132. The van der Waals surface area contributed by atoms with E-state index in [2.05, 4.69) is 0 Å². The van der Waals surface area contributed by atoms with Gasteiger partial charge in [-0.05, 0) is 43.6 Å². The average Bonchev–Trinajstić information content (AvgIpc) is 2.47. The Labute approximate surface area is 129 Å². The van der Waals surface area contributed by atoms with E-state index in [0.717, 1.165) is 5.56 Å². The maximum absolute atomic E-state index is 13.1. The summed E-state index contributed by atoms with van der Waals surface area (Å²) in [4.78, 5) is 27.0. The Kier molecular flexibility index (Phi) is 5.49. The SMILES string of the molecule is CN(Cc1cccc(F)c1)C(=O)CN1CCC(C(N)=O)CC1. The molecule has 1 aromatic rings. The second-order valence-electron chi connectivity index (χ2n) is 5.83. The van der Waals surface area contributed by atoms with Gasteiger partial charge in [0, 0.05) is 19.5 Å². The quantitative estimate of drug-likeness (QED) is 0.882. The number of rotatable bonds is 5. The molecule has 1 aliphatic rings. The van der Waals surface area contributed by atoms with Gasteiger partial charge in [0.25, 0.3) is 0 Å². The molecule has 5 nitrogen and oxygen atoms in total. The van der Waals surface area contributed by atoms with Gasteiger partial charge in [-0.2, -0.15) is 0 Å². The number of benzene rings is 1. The van der Waals surface area contributed by atoms with Crippen LogP contribution >= 0.6 is 0 Å². The molecule has 2 N–H and O–H groups in total. The van der Waals surface area contributed by atoms with Crippen molar-refractivity contribution >= 4 is 11.8 Å². The first-order valence-corrected chi connectivity index (χ1v) is 7.46. The minimum atomic E-state index is -0.299. The molecule has 1 fully saturated rings. The molecule has 1 aliphatic heterocycles. The Morgan fingerprint density at radius 2 is 2.05 bits per heavy atom. The van der Waals surface area contributed by atoms with E-state index in [1.807, 2.05) is 4.90 Å². The fourth-order valence-corrected chi connectivity index (χ4v) is 2.68. The Bertz CT molecular complexity index is 542. The van der Waals surface area contributed by atoms with Crippen molar-refractivity contribution < 1.29 is 14.0 Å². The second kappa shape index (κ2) is 7.35. The molecule has 0 aromatic heterocycles. The summed E-state index contributed by atoms with van der Waals surface area (Å²) in [6, 6.07) is 6.25. The van der Waals surface area contributed by atoms with Gasteiger partial charge in [-0.3, -0.25) is 14.5 Å². The van der Waals surface area contributed by atoms with E-state index in [0.29, 0.717) is 39.0 Å². The Balaban J connectivity index is 1.81. The predicted octanol–water partition coefficient (Wildman–Crippen LogP) is 0.981. The van der Waals surface area contributed by atoms with Gasteiger partial charge in [0.2, 0.25) is 11.8 Å². The van der Waals surface area contributed by atoms with E-state index in [9.17, 15) is 14.0 Å². The molecule has 0 aliphatic carbocycles. The van der Waals surface area contributed by atoms with Gasteiger partial charge in [0.1, 0.15) is 5.82 Å². The Hall–Kier alpha value is -1.95. The molecule has 0 unspecified atom stereocenters. The lowest BCUT2D eigenvalue weighted by Crippen LogP contribution is -2.43. The van der Waals surface area contributed by atoms with Crippen molar-refractivity contribution in [1.82, 2.24) is 9.80 Å². The molecular weight excluding hydrogens is 285 g/mol. The van der Waals surface area contributed by atoms with Crippen molar-refractivity contribution in [1.29, 1.82) is 0 Å². The minimum absolute atomic E-state index is 0.0122. The van der Waals surface area contributed by atoms with Crippen molar-refractivity contribution in [2.75, 3.05) is 26.7 Å². The number of nitrogens with two attached hydrogens (primary N) is 1. The van der Waals surface area contributed by atoms with Gasteiger partial charge in [0.15, 0.2) is 0 Å². The van der Waals surface area contributed by atoms with Crippen LogP contribution in [0.5, 0.6) is 0 Å². The molecule has 1 aromatic carbocycles. The summed E-state index contributed by atoms with van der Waals surface area (Å²) >= 11 is 0. The topological polar surface area (TPSA) is 66.6 Å². The normalized spacial score (nSPS) is 16.5. The monoisotopic (exact) mass is 307 g/mol. The summed E-state index contributed by atoms with van der Waals surface area (Å²) < 4.78 is 13.1. The molecule has 22 heavy (non-hydrogen) atoms. The fourth-order valence-electron chi connectivity index (χ4n) is 2.68. The number of nitrogens with zero attached hydrogens (tertiary/aromatic N) is 2. The van der Waals surface area contributed by atoms with Crippen molar-refractivity contribution in [3.8, 4) is 0 Å². The minimum Gasteiger partial charge on any atom is -0.369 e. The van der Waals surface area contributed by atoms with Crippen LogP contribution in [-0.2, 0) is 16.1 Å². The fraction of sp³-hybridized carbons (Fsp3) is 0.500. The van der Waals surface area contributed by atoms with E-state index in [4.69, 9.17) is 5.73 Å². The summed E-state index contributed by atoms with van der Waals surface area (Å²) in [6.45, 7) is 2.10. The van der Waals surface area contributed by atoms with E-state index >= 15 is 0 Å². The first-order valence-electron chi connectivity index (χ1n) is 7.46. The molecular formula is C16H22FN3O2. The number of carbonyl (C=O) groups is 2. The number of hydrogen-bond donors (Lipinski definition) is 1. The third-order valence-electron chi connectivity index (χ3n) is 4.08. The number of likely N-dealkylation sites (tertiary alicyclic amines) is 1. The molecule has 2 rings (SSSR count). The van der Waals surface area contributed by atoms with Crippen molar-refractivity contribution in [3.63, 3.8) is 0 Å². The largest absolute Gasteiger partial charge is 0.369 e. The van der Waals surface area contributed by atoms with Crippen LogP contribution in [0, 0.1) is 11.7 Å². The van der Waals surface area contributed by atoms with Crippen molar-refractivity contribution in [2.45, 2.75) is 19.4 Å². The second-order valence-corrected chi connectivity index (χ2v) is 5.83. The zero-order valence-electron chi connectivity index (χ0n) is 12.8. The molecule has 1 saturated heterocycles. The zero-order valence-corrected chi connectivity index (χ0v) is 12.8. The highest BCUT2D eigenvalue weighted by atomic mass is 19.1. The number of likely N-dealkylation sites (N-methyl/N-ethyl adjacent to an activating group) is 1. The van der Waals surface area contributed by atoms with Crippen molar-refractivity contribution in [2.24, 2.45) is 11.7 Å². The molecule has 0 radical (unpaired) electrons. The van der Waals surface area contributed by atoms with Gasteiger partial charge >= 0.3 is 0 Å². The summed E-state index contributed by atoms with van der Waals surface area (Å²) in [6.07, 6.45) is 1.41. The maximum atomic E-state index is 13.1. The Morgan fingerprint density at radius 1 is 1.36 bits per heavy atom. The third kappa shape index (κ3) is 4.53. The van der Waals surface area contributed by atoms with Crippen LogP contribution in [0.25, 0.3) is 0 Å². The first kappa shape index (κ1) is 16.4. The number of primary amides is 1. The highest BCUT2D eigenvalue weighted by molar-refractivity contribution is 5.78. The van der Waals surface area contributed by atoms with E-state index < -0.39 is 0 Å².